The maximum absolute atomic E-state index is 14.9. The molecule has 0 bridgehead atoms. The van der Waals surface area contributed by atoms with Crippen LogP contribution < -0.4 is 5.32 Å². The van der Waals surface area contributed by atoms with Crippen LogP contribution in [-0.4, -0.2) is 28.0 Å². The van der Waals surface area contributed by atoms with Gasteiger partial charge in [-0.05, 0) is 47.5 Å². The summed E-state index contributed by atoms with van der Waals surface area (Å²) in [5.74, 6) is -7.96. The summed E-state index contributed by atoms with van der Waals surface area (Å²) in [6, 6.07) is 9.83. The fraction of sp³-hybridized carbons (Fsp3) is 0.222. The molecule has 3 aromatic carbocycles. The van der Waals surface area contributed by atoms with Gasteiger partial charge in [-0.1, -0.05) is 46.9 Å². The number of alkyl halides is 5. The standard InChI is InChI=1S/C27H15Cl5F5NO3/c28-16-5-3-13(38-25(41)23-22(26(23,31)32)11-1-4-17(29)18(30)7-11)9-14(16)20(39)10-15-19(33)6-2-12(24(15)34)8-21(40)27(35,36)37/h1-7,9,22-23H,8,10H2,(H,38,41)/t22-,23+/m0/s1. The molecule has 1 aliphatic carbocycles. The third kappa shape index (κ3) is 6.65. The zero-order valence-electron chi connectivity index (χ0n) is 20.2. The van der Waals surface area contributed by atoms with Crippen molar-refractivity contribution >= 4 is 81.2 Å². The number of halogens is 10. The lowest BCUT2D eigenvalue weighted by Crippen LogP contribution is -2.25. The van der Waals surface area contributed by atoms with Gasteiger partial charge in [0.05, 0.1) is 21.0 Å². The molecular formula is C27H15Cl5F5NO3. The van der Waals surface area contributed by atoms with Gasteiger partial charge in [0.1, 0.15) is 16.0 Å². The Morgan fingerprint density at radius 2 is 1.51 bits per heavy atom. The van der Waals surface area contributed by atoms with Crippen molar-refractivity contribution in [1.82, 2.24) is 0 Å². The Hall–Kier alpha value is -2.43. The van der Waals surface area contributed by atoms with Crippen molar-refractivity contribution in [2.75, 3.05) is 5.32 Å². The highest BCUT2D eigenvalue weighted by Crippen LogP contribution is 2.65. The maximum atomic E-state index is 14.9. The SMILES string of the molecule is O=C(Cc1c(F)ccc(CC(=O)C(F)(F)F)c1F)c1cc(NC(=O)[C@H]2[C@H](c3ccc(Cl)c(Cl)c3)C2(Cl)Cl)ccc1Cl. The minimum atomic E-state index is -5.22. The molecule has 4 nitrogen and oxygen atoms in total. The Kier molecular flexibility index (Phi) is 8.98. The molecule has 0 saturated heterocycles. The van der Waals surface area contributed by atoms with E-state index in [0.717, 1.165) is 6.07 Å². The number of benzene rings is 3. The van der Waals surface area contributed by atoms with Gasteiger partial charge < -0.3 is 5.32 Å². The van der Waals surface area contributed by atoms with E-state index in [1.165, 1.54) is 24.3 Å². The Balaban J connectivity index is 1.52. The molecule has 0 aliphatic heterocycles. The maximum Gasteiger partial charge on any atom is 0.450 e. The van der Waals surface area contributed by atoms with Crippen LogP contribution in [0.15, 0.2) is 48.5 Å². The van der Waals surface area contributed by atoms with E-state index < -0.39 is 75.4 Å². The molecular weight excluding hydrogens is 659 g/mol. The average molecular weight is 674 g/mol. The number of hydrogen-bond donors (Lipinski definition) is 1. The summed E-state index contributed by atoms with van der Waals surface area (Å²) in [5.41, 5.74) is -1.16. The molecule has 1 aliphatic rings. The van der Waals surface area contributed by atoms with E-state index in [2.05, 4.69) is 5.32 Å². The van der Waals surface area contributed by atoms with E-state index >= 15 is 0 Å². The number of rotatable bonds is 8. The summed E-state index contributed by atoms with van der Waals surface area (Å²) in [6.07, 6.45) is -7.52. The molecule has 0 unspecified atom stereocenters. The molecule has 2 atom stereocenters. The van der Waals surface area contributed by atoms with Gasteiger partial charge in [0, 0.05) is 35.6 Å². The summed E-state index contributed by atoms with van der Waals surface area (Å²) in [5, 5.41) is 2.98. The predicted molar refractivity (Wildman–Crippen MR) is 146 cm³/mol. The molecule has 3 aromatic rings. The van der Waals surface area contributed by atoms with Crippen molar-refractivity contribution in [3.8, 4) is 0 Å². The fourth-order valence-corrected chi connectivity index (χ4v) is 5.64. The van der Waals surface area contributed by atoms with E-state index in [1.54, 1.807) is 6.07 Å². The van der Waals surface area contributed by atoms with Gasteiger partial charge in [0.2, 0.25) is 11.7 Å². The van der Waals surface area contributed by atoms with Gasteiger partial charge >= 0.3 is 6.18 Å². The first-order chi connectivity index (χ1) is 19.0. The molecule has 1 saturated carbocycles. The van der Waals surface area contributed by atoms with E-state index in [1.807, 2.05) is 0 Å². The van der Waals surface area contributed by atoms with Crippen molar-refractivity contribution in [1.29, 1.82) is 0 Å². The Bertz CT molecular complexity index is 1580. The van der Waals surface area contributed by atoms with Gasteiger partial charge in [-0.25, -0.2) is 8.78 Å². The first kappa shape index (κ1) is 31.5. The lowest BCUT2D eigenvalue weighted by atomic mass is 9.97. The first-order valence-electron chi connectivity index (χ1n) is 11.5. The number of ketones is 2. The number of hydrogen-bond acceptors (Lipinski definition) is 3. The lowest BCUT2D eigenvalue weighted by Gasteiger charge is -2.12. The molecule has 1 N–H and O–H groups in total. The summed E-state index contributed by atoms with van der Waals surface area (Å²) < 4.78 is 65.6. The van der Waals surface area contributed by atoms with E-state index in [9.17, 15) is 36.3 Å². The second-order valence-corrected chi connectivity index (χ2v) is 11.8. The van der Waals surface area contributed by atoms with Crippen LogP contribution in [0.4, 0.5) is 27.6 Å². The van der Waals surface area contributed by atoms with Crippen LogP contribution >= 0.6 is 58.0 Å². The van der Waals surface area contributed by atoms with E-state index in [4.69, 9.17) is 58.0 Å². The molecule has 4 rings (SSSR count). The van der Waals surface area contributed by atoms with Gasteiger partial charge in [0.25, 0.3) is 0 Å². The summed E-state index contributed by atoms with van der Waals surface area (Å²) >= 11 is 30.8. The zero-order valence-corrected chi connectivity index (χ0v) is 24.0. The normalized spacial score (nSPS) is 17.7. The number of carbonyl (C=O) groups excluding carboxylic acids is 3. The highest BCUT2D eigenvalue weighted by Gasteiger charge is 2.67. The topological polar surface area (TPSA) is 63.2 Å². The van der Waals surface area contributed by atoms with Crippen LogP contribution in [0.3, 0.4) is 0 Å². The highest BCUT2D eigenvalue weighted by molar-refractivity contribution is 6.53. The third-order valence-electron chi connectivity index (χ3n) is 6.44. The van der Waals surface area contributed by atoms with Crippen LogP contribution in [0.2, 0.25) is 15.1 Å². The third-order valence-corrected chi connectivity index (χ3v) is 8.45. The van der Waals surface area contributed by atoms with Gasteiger partial charge in [-0.3, -0.25) is 14.4 Å². The predicted octanol–water partition coefficient (Wildman–Crippen LogP) is 8.55. The van der Waals surface area contributed by atoms with Crippen molar-refractivity contribution in [2.24, 2.45) is 5.92 Å². The molecule has 41 heavy (non-hydrogen) atoms. The van der Waals surface area contributed by atoms with Crippen molar-refractivity contribution in [2.45, 2.75) is 29.3 Å². The van der Waals surface area contributed by atoms with Crippen LogP contribution in [0.25, 0.3) is 0 Å². The molecule has 14 heteroatoms. The van der Waals surface area contributed by atoms with Crippen molar-refractivity contribution in [3.63, 3.8) is 0 Å². The lowest BCUT2D eigenvalue weighted by molar-refractivity contribution is -0.170. The molecule has 0 spiro atoms. The Morgan fingerprint density at radius 1 is 0.854 bits per heavy atom. The van der Waals surface area contributed by atoms with Crippen LogP contribution in [0, 0.1) is 17.6 Å². The van der Waals surface area contributed by atoms with Gasteiger partial charge in [0.15, 0.2) is 5.78 Å². The second kappa shape index (κ2) is 11.7. The van der Waals surface area contributed by atoms with Crippen molar-refractivity contribution in [3.05, 3.63) is 97.5 Å². The number of amides is 1. The quantitative estimate of drug-likeness (QED) is 0.148. The number of Topliss-reactive ketones (excluding diaryl/α,β-unsaturated/α-hetero) is 2. The van der Waals surface area contributed by atoms with Crippen molar-refractivity contribution < 1.29 is 36.3 Å². The Morgan fingerprint density at radius 3 is 2.15 bits per heavy atom. The van der Waals surface area contributed by atoms with Crippen LogP contribution in [-0.2, 0) is 22.4 Å². The van der Waals surface area contributed by atoms with Crippen LogP contribution in [0.1, 0.15) is 33.0 Å². The van der Waals surface area contributed by atoms with Crippen LogP contribution in [0.5, 0.6) is 0 Å². The molecule has 1 fully saturated rings. The molecule has 0 heterocycles. The van der Waals surface area contributed by atoms with E-state index in [0.29, 0.717) is 22.7 Å². The highest BCUT2D eigenvalue weighted by atomic mass is 35.5. The summed E-state index contributed by atoms with van der Waals surface area (Å²) in [6.45, 7) is 0. The zero-order chi connectivity index (χ0) is 30.4. The molecule has 0 radical (unpaired) electrons. The van der Waals surface area contributed by atoms with Gasteiger partial charge in [-0.2, -0.15) is 13.2 Å². The average Bonchev–Trinajstić information content (AvgIpc) is 3.47. The molecule has 0 aromatic heterocycles. The monoisotopic (exact) mass is 671 g/mol. The van der Waals surface area contributed by atoms with E-state index in [-0.39, 0.29) is 21.3 Å². The molecule has 216 valence electrons. The molecule has 1 amide bonds. The number of nitrogens with one attached hydrogen (secondary N) is 1. The largest absolute Gasteiger partial charge is 0.450 e. The minimum absolute atomic E-state index is 0.0807. The Labute approximate surface area is 254 Å². The van der Waals surface area contributed by atoms with Gasteiger partial charge in [-0.15, -0.1) is 23.2 Å². The summed E-state index contributed by atoms with van der Waals surface area (Å²) in [4.78, 5) is 37.3. The minimum Gasteiger partial charge on any atom is -0.326 e. The smallest absolute Gasteiger partial charge is 0.326 e. The summed E-state index contributed by atoms with van der Waals surface area (Å²) in [7, 11) is 0. The fourth-order valence-electron chi connectivity index (χ4n) is 4.28. The number of carbonyl (C=O) groups is 3. The first-order valence-corrected chi connectivity index (χ1v) is 13.4. The number of anilines is 1. The second-order valence-electron chi connectivity index (χ2n) is 9.18.